The van der Waals surface area contributed by atoms with Crippen molar-refractivity contribution in [2.24, 2.45) is 7.05 Å². The summed E-state index contributed by atoms with van der Waals surface area (Å²) in [6.45, 7) is 2.30. The molecule has 18 heavy (non-hydrogen) atoms. The zero-order valence-corrected chi connectivity index (χ0v) is 11.6. The lowest BCUT2D eigenvalue weighted by atomic mass is 10.3. The summed E-state index contributed by atoms with van der Waals surface area (Å²) in [7, 11) is 1.80. The number of aliphatic hydroxyl groups is 1. The number of aliphatic hydroxyl groups excluding tert-OH is 1. The Bertz CT molecular complexity index is 539. The molecule has 0 saturated heterocycles. The molecule has 2 aromatic heterocycles. The number of hydrogen-bond acceptors (Lipinski definition) is 6. The van der Waals surface area contributed by atoms with E-state index in [1.54, 1.807) is 16.4 Å². The summed E-state index contributed by atoms with van der Waals surface area (Å²) in [4.78, 5) is 0. The van der Waals surface area contributed by atoms with Crippen molar-refractivity contribution in [2.45, 2.75) is 24.4 Å². The summed E-state index contributed by atoms with van der Waals surface area (Å²) >= 11 is 7.61. The van der Waals surface area contributed by atoms with E-state index in [2.05, 4.69) is 20.6 Å². The van der Waals surface area contributed by atoms with Gasteiger partial charge in [-0.15, -0.1) is 5.10 Å². The van der Waals surface area contributed by atoms with E-state index in [0.29, 0.717) is 22.6 Å². The van der Waals surface area contributed by atoms with Crippen molar-refractivity contribution in [1.29, 1.82) is 0 Å². The van der Waals surface area contributed by atoms with Crippen LogP contribution in [0.1, 0.15) is 11.3 Å². The van der Waals surface area contributed by atoms with Gasteiger partial charge in [0.1, 0.15) is 5.15 Å². The van der Waals surface area contributed by atoms with Crippen molar-refractivity contribution in [1.82, 2.24) is 30.0 Å². The maximum absolute atomic E-state index is 8.88. The number of tetrazole rings is 1. The van der Waals surface area contributed by atoms with Gasteiger partial charge in [0.15, 0.2) is 0 Å². The summed E-state index contributed by atoms with van der Waals surface area (Å²) in [5.74, 6) is 0.643. The molecule has 0 aliphatic rings. The normalized spacial score (nSPS) is 11.1. The van der Waals surface area contributed by atoms with Crippen LogP contribution in [0.3, 0.4) is 0 Å². The second-order valence-electron chi connectivity index (χ2n) is 3.68. The van der Waals surface area contributed by atoms with E-state index in [4.69, 9.17) is 16.7 Å². The Balaban J connectivity index is 2.09. The third-order valence-corrected chi connectivity index (χ3v) is 3.88. The molecule has 0 aliphatic carbocycles. The molecule has 0 bridgehead atoms. The largest absolute Gasteiger partial charge is 0.394 e. The van der Waals surface area contributed by atoms with Crippen LogP contribution in [0.2, 0.25) is 5.15 Å². The first-order valence-electron chi connectivity index (χ1n) is 5.31. The Morgan fingerprint density at radius 1 is 1.44 bits per heavy atom. The highest BCUT2D eigenvalue weighted by Gasteiger charge is 2.13. The van der Waals surface area contributed by atoms with Gasteiger partial charge < -0.3 is 5.11 Å². The molecule has 0 unspecified atom stereocenters. The van der Waals surface area contributed by atoms with Crippen LogP contribution >= 0.6 is 23.4 Å². The Morgan fingerprint density at radius 2 is 2.22 bits per heavy atom. The lowest BCUT2D eigenvalue weighted by Gasteiger charge is -2.02. The Hall–Kier alpha value is -1.12. The van der Waals surface area contributed by atoms with Gasteiger partial charge in [0.25, 0.3) is 0 Å². The Labute approximate surface area is 113 Å². The van der Waals surface area contributed by atoms with Crippen LogP contribution in [0.25, 0.3) is 0 Å². The smallest absolute Gasteiger partial charge is 0.209 e. The second kappa shape index (κ2) is 5.68. The number of aromatic nitrogens is 6. The fourth-order valence-corrected chi connectivity index (χ4v) is 2.82. The second-order valence-corrected chi connectivity index (χ2v) is 4.98. The van der Waals surface area contributed by atoms with Crippen LogP contribution in [-0.4, -0.2) is 41.7 Å². The van der Waals surface area contributed by atoms with Gasteiger partial charge >= 0.3 is 0 Å². The topological polar surface area (TPSA) is 81.7 Å². The molecule has 7 nitrogen and oxygen atoms in total. The quantitative estimate of drug-likeness (QED) is 0.814. The molecule has 2 aromatic rings. The van der Waals surface area contributed by atoms with Gasteiger partial charge in [0.05, 0.1) is 18.8 Å². The molecular weight excluding hydrogens is 276 g/mol. The molecule has 2 rings (SSSR count). The van der Waals surface area contributed by atoms with Gasteiger partial charge in [-0.1, -0.05) is 23.4 Å². The van der Waals surface area contributed by atoms with E-state index in [-0.39, 0.29) is 6.61 Å². The summed E-state index contributed by atoms with van der Waals surface area (Å²) in [6.07, 6.45) is 0. The monoisotopic (exact) mass is 288 g/mol. The predicted molar refractivity (Wildman–Crippen MR) is 67.4 cm³/mol. The lowest BCUT2D eigenvalue weighted by Crippen LogP contribution is -2.05. The molecule has 98 valence electrons. The average Bonchev–Trinajstić information content (AvgIpc) is 2.85. The average molecular weight is 289 g/mol. The van der Waals surface area contributed by atoms with E-state index >= 15 is 0 Å². The van der Waals surface area contributed by atoms with Crippen molar-refractivity contribution in [2.75, 3.05) is 6.61 Å². The fourth-order valence-electron chi connectivity index (χ4n) is 1.51. The maximum Gasteiger partial charge on any atom is 0.209 e. The SMILES string of the molecule is Cc1nn(C)c(Cl)c1CSc1nnnn1CCO. The van der Waals surface area contributed by atoms with Crippen molar-refractivity contribution in [3.05, 3.63) is 16.4 Å². The first-order valence-corrected chi connectivity index (χ1v) is 6.67. The van der Waals surface area contributed by atoms with Crippen molar-refractivity contribution >= 4 is 23.4 Å². The zero-order chi connectivity index (χ0) is 13.1. The maximum atomic E-state index is 8.88. The molecule has 0 aromatic carbocycles. The molecule has 2 heterocycles. The minimum atomic E-state index is 0.00523. The molecule has 0 saturated carbocycles. The van der Waals surface area contributed by atoms with Gasteiger partial charge in [-0.05, 0) is 17.4 Å². The van der Waals surface area contributed by atoms with E-state index in [1.807, 2.05) is 6.92 Å². The molecule has 0 atom stereocenters. The number of aryl methyl sites for hydroxylation is 2. The van der Waals surface area contributed by atoms with E-state index in [1.165, 1.54) is 11.8 Å². The number of rotatable bonds is 5. The fraction of sp³-hybridized carbons (Fsp3) is 0.556. The third-order valence-electron chi connectivity index (χ3n) is 2.43. The summed E-state index contributed by atoms with van der Waals surface area (Å²) in [5, 5.41) is 25.7. The molecule has 1 N–H and O–H groups in total. The van der Waals surface area contributed by atoms with Crippen LogP contribution < -0.4 is 0 Å². The van der Waals surface area contributed by atoms with Gasteiger partial charge in [0.2, 0.25) is 5.16 Å². The first-order chi connectivity index (χ1) is 8.63. The Kier molecular flexibility index (Phi) is 4.20. The van der Waals surface area contributed by atoms with Crippen LogP contribution in [0.4, 0.5) is 0 Å². The highest BCUT2D eigenvalue weighted by atomic mass is 35.5. The number of hydrogen-bond donors (Lipinski definition) is 1. The molecule has 9 heteroatoms. The molecule has 0 spiro atoms. The van der Waals surface area contributed by atoms with E-state index in [0.717, 1.165) is 11.3 Å². The van der Waals surface area contributed by atoms with Crippen molar-refractivity contribution < 1.29 is 5.11 Å². The van der Waals surface area contributed by atoms with Crippen molar-refractivity contribution in [3.63, 3.8) is 0 Å². The van der Waals surface area contributed by atoms with Crippen LogP contribution in [-0.2, 0) is 19.3 Å². The van der Waals surface area contributed by atoms with Gasteiger partial charge in [0, 0.05) is 18.4 Å². The van der Waals surface area contributed by atoms with E-state index in [9.17, 15) is 0 Å². The van der Waals surface area contributed by atoms with Gasteiger partial charge in [-0.3, -0.25) is 4.68 Å². The number of halogens is 1. The molecule has 0 fully saturated rings. The molecule has 0 radical (unpaired) electrons. The molecular formula is C9H13ClN6OS. The summed E-state index contributed by atoms with van der Waals surface area (Å²) in [5.41, 5.74) is 1.87. The van der Waals surface area contributed by atoms with Crippen LogP contribution in [0, 0.1) is 6.92 Å². The minimum Gasteiger partial charge on any atom is -0.394 e. The standard InChI is InChI=1S/C9H13ClN6OS/c1-6-7(8(10)15(2)12-6)5-18-9-11-13-14-16(9)3-4-17/h17H,3-5H2,1-2H3. The van der Waals surface area contributed by atoms with Crippen molar-refractivity contribution in [3.8, 4) is 0 Å². The lowest BCUT2D eigenvalue weighted by molar-refractivity contribution is 0.262. The van der Waals surface area contributed by atoms with Crippen LogP contribution in [0.5, 0.6) is 0 Å². The third kappa shape index (κ3) is 2.65. The summed E-state index contributed by atoms with van der Waals surface area (Å²) in [6, 6.07) is 0. The molecule has 0 amide bonds. The Morgan fingerprint density at radius 3 is 2.83 bits per heavy atom. The summed E-state index contributed by atoms with van der Waals surface area (Å²) < 4.78 is 3.20. The highest BCUT2D eigenvalue weighted by molar-refractivity contribution is 7.98. The highest BCUT2D eigenvalue weighted by Crippen LogP contribution is 2.26. The number of nitrogens with zero attached hydrogens (tertiary/aromatic N) is 6. The molecule has 0 aliphatic heterocycles. The number of thioether (sulfide) groups is 1. The predicted octanol–water partition coefficient (Wildman–Crippen LogP) is 0.653. The first kappa shape index (κ1) is 13.3. The minimum absolute atomic E-state index is 0.00523. The van der Waals surface area contributed by atoms with Gasteiger partial charge in [-0.25, -0.2) is 4.68 Å². The van der Waals surface area contributed by atoms with Crippen LogP contribution in [0.15, 0.2) is 5.16 Å². The van der Waals surface area contributed by atoms with E-state index < -0.39 is 0 Å². The zero-order valence-electron chi connectivity index (χ0n) is 10.0. The van der Waals surface area contributed by atoms with Gasteiger partial charge in [-0.2, -0.15) is 5.10 Å².